The molecule has 0 saturated carbocycles. The van der Waals surface area contributed by atoms with E-state index in [0.717, 1.165) is 10.6 Å². The van der Waals surface area contributed by atoms with Gasteiger partial charge in [0.15, 0.2) is 5.96 Å². The minimum absolute atomic E-state index is 0.00428. The lowest BCUT2D eigenvalue weighted by Crippen LogP contribution is -2.58. The number of guanidine groups is 1. The predicted molar refractivity (Wildman–Crippen MR) is 144 cm³/mol. The molecule has 0 bridgehead atoms. The first kappa shape index (κ1) is 24.6. The smallest absolute Gasteiger partial charge is 0.337 e. The van der Waals surface area contributed by atoms with Gasteiger partial charge in [0.05, 0.1) is 31.6 Å². The number of esters is 1. The number of para-hydroxylation sites is 1. The molecule has 0 aliphatic carbocycles. The summed E-state index contributed by atoms with van der Waals surface area (Å²) in [6.07, 6.45) is 1.23. The number of nitrogens with zero attached hydrogens (tertiary/aromatic N) is 3. The zero-order valence-electron chi connectivity index (χ0n) is 20.5. The number of hydrogen-bond acceptors (Lipinski definition) is 7. The van der Waals surface area contributed by atoms with Crippen molar-refractivity contribution >= 4 is 40.5 Å². The molecule has 1 aromatic heterocycles. The van der Waals surface area contributed by atoms with Crippen LogP contribution in [0.2, 0.25) is 0 Å². The summed E-state index contributed by atoms with van der Waals surface area (Å²) in [4.78, 5) is 35.3. The molecule has 37 heavy (non-hydrogen) atoms. The van der Waals surface area contributed by atoms with Crippen molar-refractivity contribution in [1.82, 2.24) is 10.2 Å². The van der Waals surface area contributed by atoms with Crippen molar-refractivity contribution in [2.75, 3.05) is 37.1 Å². The fraction of sp³-hybridized carbons (Fsp3) is 0.296. The Labute approximate surface area is 219 Å². The van der Waals surface area contributed by atoms with Gasteiger partial charge in [0, 0.05) is 23.7 Å². The van der Waals surface area contributed by atoms with Crippen LogP contribution in [-0.4, -0.2) is 60.2 Å². The maximum Gasteiger partial charge on any atom is 0.337 e. The molecule has 192 valence electrons. The highest BCUT2D eigenvalue weighted by Crippen LogP contribution is 2.36. The maximum absolute atomic E-state index is 13.1. The highest BCUT2D eigenvalue weighted by atomic mass is 32.1. The van der Waals surface area contributed by atoms with Crippen molar-refractivity contribution in [2.24, 2.45) is 4.99 Å². The van der Waals surface area contributed by atoms with E-state index >= 15 is 0 Å². The number of carbonyl (C=O) groups is 2. The van der Waals surface area contributed by atoms with Gasteiger partial charge in [0.25, 0.3) is 0 Å². The van der Waals surface area contributed by atoms with Crippen LogP contribution in [0, 0.1) is 0 Å². The Balaban J connectivity index is 1.39. The summed E-state index contributed by atoms with van der Waals surface area (Å²) in [5, 5.41) is 18.8. The van der Waals surface area contributed by atoms with Crippen LogP contribution >= 0.6 is 11.3 Å². The monoisotopic (exact) mass is 519 g/mol. The number of piperidine rings is 1. The number of nitrogens with one attached hydrogen (secondary N) is 2. The highest BCUT2D eigenvalue weighted by molar-refractivity contribution is 7.09. The fourth-order valence-corrected chi connectivity index (χ4v) is 5.52. The lowest BCUT2D eigenvalue weighted by molar-refractivity contribution is -0.124. The van der Waals surface area contributed by atoms with Crippen molar-refractivity contribution in [1.29, 1.82) is 0 Å². The summed E-state index contributed by atoms with van der Waals surface area (Å²) in [6.45, 7) is 2.12. The molecule has 3 heterocycles. The van der Waals surface area contributed by atoms with Crippen LogP contribution in [0.4, 0.5) is 11.4 Å². The first-order valence-corrected chi connectivity index (χ1v) is 13.0. The standard InChI is InChI=1S/C27H29N5O4S/c1-36-24(34)19-9-10-23(33)22(16-19)30-26(28-17-21-8-5-15-37-21)31-13-11-27(12-14-31)25(35)29-18-32(27)20-6-3-2-4-7-20/h2-10,15-16,33H,11-14,17-18H2,1H3,(H,28,30)(H,29,35). The van der Waals surface area contributed by atoms with Gasteiger partial charge in [-0.1, -0.05) is 24.3 Å². The van der Waals surface area contributed by atoms with Gasteiger partial charge in [-0.25, -0.2) is 9.79 Å². The van der Waals surface area contributed by atoms with E-state index in [0.29, 0.717) is 56.4 Å². The van der Waals surface area contributed by atoms with Crippen molar-refractivity contribution in [3.63, 3.8) is 0 Å². The van der Waals surface area contributed by atoms with Crippen LogP contribution in [0.1, 0.15) is 28.1 Å². The van der Waals surface area contributed by atoms with Crippen molar-refractivity contribution < 1.29 is 19.4 Å². The topological polar surface area (TPSA) is 106 Å². The zero-order chi connectivity index (χ0) is 25.8. The first-order valence-electron chi connectivity index (χ1n) is 12.1. The Hall–Kier alpha value is -4.05. The third kappa shape index (κ3) is 4.97. The van der Waals surface area contributed by atoms with Crippen molar-refractivity contribution in [2.45, 2.75) is 24.9 Å². The fourth-order valence-electron chi connectivity index (χ4n) is 4.90. The van der Waals surface area contributed by atoms with Gasteiger partial charge in [-0.3, -0.25) is 4.79 Å². The number of likely N-dealkylation sites (tertiary alicyclic amines) is 1. The van der Waals surface area contributed by atoms with E-state index in [4.69, 9.17) is 9.73 Å². The predicted octanol–water partition coefficient (Wildman–Crippen LogP) is 3.64. The van der Waals surface area contributed by atoms with E-state index in [1.807, 2.05) is 47.8 Å². The summed E-state index contributed by atoms with van der Waals surface area (Å²) in [5.74, 6) is 0.123. The molecule has 2 fully saturated rings. The van der Waals surface area contributed by atoms with Gasteiger partial charge >= 0.3 is 5.97 Å². The van der Waals surface area contributed by atoms with Crippen LogP contribution in [0.25, 0.3) is 0 Å². The molecule has 5 rings (SSSR count). The number of benzene rings is 2. The minimum atomic E-state index is -0.621. The second-order valence-corrected chi connectivity index (χ2v) is 10.0. The number of amides is 1. The third-order valence-corrected chi connectivity index (χ3v) is 7.79. The van der Waals surface area contributed by atoms with Gasteiger partial charge in [0.2, 0.25) is 5.91 Å². The van der Waals surface area contributed by atoms with Crippen molar-refractivity contribution in [3.8, 4) is 5.75 Å². The van der Waals surface area contributed by atoms with E-state index in [-0.39, 0.29) is 11.7 Å². The van der Waals surface area contributed by atoms with E-state index in [2.05, 4.69) is 20.4 Å². The molecule has 10 heteroatoms. The molecule has 3 N–H and O–H groups in total. The molecular formula is C27H29N5O4S. The Kier molecular flexibility index (Phi) is 7.00. The molecular weight excluding hydrogens is 490 g/mol. The quantitative estimate of drug-likeness (QED) is 0.205. The number of aliphatic imine (C=N–C) groups is 1. The Bertz CT molecular complexity index is 1290. The lowest BCUT2D eigenvalue weighted by atomic mass is 9.85. The Morgan fingerprint density at radius 1 is 1.16 bits per heavy atom. The molecule has 2 aliphatic heterocycles. The molecule has 0 radical (unpaired) electrons. The number of carbonyl (C=O) groups excluding carboxylic acids is 2. The normalized spacial score (nSPS) is 17.1. The van der Waals surface area contributed by atoms with Crippen molar-refractivity contribution in [3.05, 3.63) is 76.5 Å². The van der Waals surface area contributed by atoms with E-state index in [9.17, 15) is 14.7 Å². The lowest BCUT2D eigenvalue weighted by Gasteiger charge is -2.44. The molecule has 0 atom stereocenters. The molecule has 2 aliphatic rings. The highest BCUT2D eigenvalue weighted by Gasteiger charge is 2.50. The average molecular weight is 520 g/mol. The van der Waals surface area contributed by atoms with E-state index in [1.54, 1.807) is 17.4 Å². The minimum Gasteiger partial charge on any atom is -0.506 e. The molecule has 9 nitrogen and oxygen atoms in total. The number of phenols is 1. The van der Waals surface area contributed by atoms with E-state index in [1.165, 1.54) is 19.2 Å². The second-order valence-electron chi connectivity index (χ2n) is 9.01. The molecule has 1 amide bonds. The first-order chi connectivity index (χ1) is 18.0. The van der Waals surface area contributed by atoms with Gasteiger partial charge < -0.3 is 30.3 Å². The number of hydrogen-bond donors (Lipinski definition) is 3. The molecule has 2 aromatic carbocycles. The molecule has 2 saturated heterocycles. The number of thiophene rings is 1. The van der Waals surface area contributed by atoms with Gasteiger partial charge in [-0.2, -0.15) is 0 Å². The van der Waals surface area contributed by atoms with E-state index < -0.39 is 11.5 Å². The average Bonchev–Trinajstić information content (AvgIpc) is 3.56. The number of aromatic hydroxyl groups is 1. The maximum atomic E-state index is 13.1. The largest absolute Gasteiger partial charge is 0.506 e. The van der Waals surface area contributed by atoms with Crippen LogP contribution in [0.3, 0.4) is 0 Å². The SMILES string of the molecule is COC(=O)c1ccc(O)c(NC(=NCc2cccs2)N2CCC3(CC2)C(=O)NCN3c2ccccc2)c1. The van der Waals surface area contributed by atoms with Crippen LogP contribution < -0.4 is 15.5 Å². The molecule has 0 unspecified atom stereocenters. The summed E-state index contributed by atoms with van der Waals surface area (Å²) in [5.41, 5.74) is 1.07. The van der Waals surface area contributed by atoms with Crippen LogP contribution in [-0.2, 0) is 16.1 Å². The third-order valence-electron chi connectivity index (χ3n) is 6.92. The number of ether oxygens (including phenoxy) is 1. The molecule has 1 spiro atoms. The Morgan fingerprint density at radius 2 is 1.95 bits per heavy atom. The summed E-state index contributed by atoms with van der Waals surface area (Å²) in [6, 6.07) is 18.5. The number of phenolic OH excluding ortho intramolecular Hbond substituents is 1. The van der Waals surface area contributed by atoms with Crippen LogP contribution in [0.15, 0.2) is 71.0 Å². The zero-order valence-corrected chi connectivity index (χ0v) is 21.3. The number of methoxy groups -OCH3 is 1. The van der Waals surface area contributed by atoms with Gasteiger partial charge in [0.1, 0.15) is 11.3 Å². The van der Waals surface area contributed by atoms with Gasteiger partial charge in [-0.15, -0.1) is 11.3 Å². The van der Waals surface area contributed by atoms with Crippen LogP contribution in [0.5, 0.6) is 5.75 Å². The summed E-state index contributed by atoms with van der Waals surface area (Å²) < 4.78 is 4.83. The number of anilines is 2. The second kappa shape index (κ2) is 10.5. The summed E-state index contributed by atoms with van der Waals surface area (Å²) in [7, 11) is 1.32. The Morgan fingerprint density at radius 3 is 2.65 bits per heavy atom. The van der Waals surface area contributed by atoms with Gasteiger partial charge in [-0.05, 0) is 54.6 Å². The molecule has 3 aromatic rings. The number of rotatable bonds is 5. The summed E-state index contributed by atoms with van der Waals surface area (Å²) >= 11 is 1.62.